The minimum atomic E-state index is -1.07. The molecule has 14 nitrogen and oxygen atoms in total. The number of para-hydroxylation sites is 1. The zero-order valence-corrected chi connectivity index (χ0v) is 28.3. The predicted octanol–water partition coefficient (Wildman–Crippen LogP) is 5.81. The molecule has 0 aliphatic carbocycles. The number of nitrogens with zero attached hydrogens (tertiary/aromatic N) is 5. The van der Waals surface area contributed by atoms with Gasteiger partial charge in [0.1, 0.15) is 18.7 Å². The zero-order valence-electron chi connectivity index (χ0n) is 28.3. The highest BCUT2D eigenvalue weighted by atomic mass is 17.0. The molecule has 14 heteroatoms. The molecule has 0 saturated carbocycles. The number of hydrogen-bond donors (Lipinski definition) is 1. The van der Waals surface area contributed by atoms with Crippen molar-refractivity contribution in [1.82, 2.24) is 24.4 Å². The van der Waals surface area contributed by atoms with E-state index >= 15 is 0 Å². The Labute approximate surface area is 293 Å². The molecule has 2 aliphatic rings. The normalized spacial score (nSPS) is 16.6. The van der Waals surface area contributed by atoms with Crippen LogP contribution in [0, 0.1) is 0 Å². The molecule has 7 rings (SSSR count). The van der Waals surface area contributed by atoms with Crippen molar-refractivity contribution < 1.29 is 38.1 Å². The van der Waals surface area contributed by atoms with E-state index in [2.05, 4.69) is 20.4 Å². The Balaban J connectivity index is 1.15. The van der Waals surface area contributed by atoms with E-state index in [0.717, 1.165) is 23.1 Å². The van der Waals surface area contributed by atoms with Crippen molar-refractivity contribution in [1.29, 1.82) is 0 Å². The van der Waals surface area contributed by atoms with Gasteiger partial charge in [0.2, 0.25) is 0 Å². The van der Waals surface area contributed by atoms with Crippen molar-refractivity contribution in [2.75, 3.05) is 26.4 Å². The number of carbonyl (C=O) groups is 2. The largest absolute Gasteiger partial charge is 0.465 e. The SMILES string of the molecule is CCCO/N=C(\NC(=O)n1ccnc1)c1ccccc1-c1ccc(Cn2c(OCC)nc3cccc(C(=O)OCC4=C(C)OC5(CO5)O4)c32)cc1. The van der Waals surface area contributed by atoms with E-state index in [4.69, 9.17) is 28.5 Å². The summed E-state index contributed by atoms with van der Waals surface area (Å²) in [6.45, 7) is 6.95. The Bertz CT molecular complexity index is 2120. The molecule has 2 aliphatic heterocycles. The number of esters is 1. The lowest BCUT2D eigenvalue weighted by molar-refractivity contribution is -0.146. The Morgan fingerprint density at radius 1 is 1.02 bits per heavy atom. The van der Waals surface area contributed by atoms with Crippen LogP contribution in [0.1, 0.15) is 48.7 Å². The van der Waals surface area contributed by atoms with Crippen molar-refractivity contribution in [3.8, 4) is 17.1 Å². The van der Waals surface area contributed by atoms with Gasteiger partial charge in [-0.2, -0.15) is 4.98 Å². The van der Waals surface area contributed by atoms with Crippen molar-refractivity contribution in [3.05, 3.63) is 114 Å². The van der Waals surface area contributed by atoms with Gasteiger partial charge in [0.25, 0.3) is 6.01 Å². The number of hydrogen-bond acceptors (Lipinski definition) is 11. The summed E-state index contributed by atoms with van der Waals surface area (Å²) in [5, 5.41) is 7.14. The Hall–Kier alpha value is -6.15. The molecule has 0 bridgehead atoms. The summed E-state index contributed by atoms with van der Waals surface area (Å²) < 4.78 is 31.3. The van der Waals surface area contributed by atoms with Crippen LogP contribution in [0.2, 0.25) is 0 Å². The molecule has 1 N–H and O–H groups in total. The standard InChI is InChI=1S/C37H36N6O8/c1-4-19-49-41-33(40-35(45)42-18-17-38-23-42)28-10-7-6-9-27(28)26-15-13-25(14-16-26)20-43-32-29(11-8-12-30(32)39-36(43)46-5-2)34(44)47-21-31-24(3)50-37(51-31)22-48-37/h6-18,23H,4-5,19-22H2,1-3H3,(H,40,41,45). The van der Waals surface area contributed by atoms with Crippen LogP contribution in [0.25, 0.3) is 22.2 Å². The lowest BCUT2D eigenvalue weighted by Gasteiger charge is -2.15. The number of imidazole rings is 2. The summed E-state index contributed by atoms with van der Waals surface area (Å²) >= 11 is 0. The van der Waals surface area contributed by atoms with Crippen molar-refractivity contribution in [2.24, 2.45) is 5.16 Å². The average Bonchev–Trinajstić information content (AvgIpc) is 3.43. The summed E-state index contributed by atoms with van der Waals surface area (Å²) in [6, 6.07) is 20.8. The number of nitrogens with one attached hydrogen (secondary N) is 1. The third kappa shape index (κ3) is 7.12. The maximum Gasteiger partial charge on any atom is 0.397 e. The van der Waals surface area contributed by atoms with E-state index in [9.17, 15) is 9.59 Å². The number of ether oxygens (including phenoxy) is 5. The second-order valence-electron chi connectivity index (χ2n) is 11.7. The Morgan fingerprint density at radius 2 is 1.82 bits per heavy atom. The van der Waals surface area contributed by atoms with Crippen molar-refractivity contribution in [2.45, 2.75) is 39.7 Å². The Morgan fingerprint density at radius 3 is 2.55 bits per heavy atom. The Kier molecular flexibility index (Phi) is 9.40. The third-order valence-electron chi connectivity index (χ3n) is 8.12. The van der Waals surface area contributed by atoms with Gasteiger partial charge in [-0.25, -0.2) is 14.6 Å². The molecule has 1 unspecified atom stereocenters. The molecular weight excluding hydrogens is 656 g/mol. The molecule has 2 aromatic heterocycles. The minimum Gasteiger partial charge on any atom is -0.465 e. The summed E-state index contributed by atoms with van der Waals surface area (Å²) in [4.78, 5) is 40.6. The van der Waals surface area contributed by atoms with Crippen LogP contribution in [0.5, 0.6) is 6.01 Å². The summed E-state index contributed by atoms with van der Waals surface area (Å²) in [6.07, 6.45) is 5.24. The fourth-order valence-corrected chi connectivity index (χ4v) is 5.60. The third-order valence-corrected chi connectivity index (χ3v) is 8.12. The number of aromatic nitrogens is 4. The van der Waals surface area contributed by atoms with Gasteiger partial charge < -0.3 is 23.8 Å². The molecule has 1 spiro atoms. The monoisotopic (exact) mass is 692 g/mol. The summed E-state index contributed by atoms with van der Waals surface area (Å²) in [5.74, 6) is -0.416. The van der Waals surface area contributed by atoms with Gasteiger partial charge in [0, 0.05) is 18.0 Å². The predicted molar refractivity (Wildman–Crippen MR) is 185 cm³/mol. The highest BCUT2D eigenvalue weighted by molar-refractivity contribution is 6.11. The number of allylic oxidation sites excluding steroid dienone is 1. The first-order valence-corrected chi connectivity index (χ1v) is 16.6. The van der Waals surface area contributed by atoms with Crippen LogP contribution in [-0.2, 0) is 30.3 Å². The molecule has 1 amide bonds. The number of rotatable bonds is 12. The molecule has 5 aromatic rings. The maximum atomic E-state index is 13.5. The van der Waals surface area contributed by atoms with E-state index in [-0.39, 0.29) is 12.4 Å². The van der Waals surface area contributed by atoms with Gasteiger partial charge >= 0.3 is 18.0 Å². The number of benzene rings is 3. The van der Waals surface area contributed by atoms with Gasteiger partial charge in [-0.15, -0.1) is 0 Å². The van der Waals surface area contributed by atoms with Crippen LogP contribution in [0.4, 0.5) is 4.79 Å². The number of fused-ring (bicyclic) bond motifs is 1. The molecule has 1 fully saturated rings. The number of carbonyl (C=O) groups excluding carboxylic acids is 2. The van der Waals surface area contributed by atoms with E-state index in [1.54, 1.807) is 25.3 Å². The van der Waals surface area contributed by atoms with Crippen LogP contribution in [-0.4, -0.2) is 69.3 Å². The van der Waals surface area contributed by atoms with Gasteiger partial charge in [0.15, 0.2) is 24.8 Å². The molecule has 4 heterocycles. The van der Waals surface area contributed by atoms with E-state index in [1.165, 1.54) is 17.1 Å². The van der Waals surface area contributed by atoms with Crippen molar-refractivity contribution >= 4 is 28.9 Å². The molecule has 0 radical (unpaired) electrons. The number of epoxide rings is 1. The molecule has 3 aromatic carbocycles. The van der Waals surface area contributed by atoms with Crippen LogP contribution in [0.15, 0.2) is 102 Å². The van der Waals surface area contributed by atoms with Gasteiger partial charge in [-0.1, -0.05) is 66.7 Å². The summed E-state index contributed by atoms with van der Waals surface area (Å²) in [5.41, 5.74) is 4.84. The quantitative estimate of drug-likeness (QED) is 0.0423. The number of amides is 1. The zero-order chi connectivity index (χ0) is 35.4. The van der Waals surface area contributed by atoms with Crippen LogP contribution >= 0.6 is 0 Å². The van der Waals surface area contributed by atoms with Gasteiger partial charge in [0.05, 0.1) is 29.7 Å². The minimum absolute atomic E-state index is 0.105. The highest BCUT2D eigenvalue weighted by Gasteiger charge is 2.56. The number of oxime groups is 1. The summed E-state index contributed by atoms with van der Waals surface area (Å²) in [7, 11) is 0. The fraction of sp³-hybridized carbons (Fsp3) is 0.270. The van der Waals surface area contributed by atoms with E-state index in [0.29, 0.717) is 66.1 Å². The highest BCUT2D eigenvalue weighted by Crippen LogP contribution is 2.41. The first-order valence-electron chi connectivity index (χ1n) is 16.6. The smallest absolute Gasteiger partial charge is 0.397 e. The van der Waals surface area contributed by atoms with Gasteiger partial charge in [-0.05, 0) is 49.1 Å². The molecule has 262 valence electrons. The van der Waals surface area contributed by atoms with E-state index < -0.39 is 18.0 Å². The van der Waals surface area contributed by atoms with E-state index in [1.807, 2.05) is 73.0 Å². The second-order valence-corrected chi connectivity index (χ2v) is 11.7. The van der Waals surface area contributed by atoms with Crippen LogP contribution < -0.4 is 10.1 Å². The molecule has 1 atom stereocenters. The fourth-order valence-electron chi connectivity index (χ4n) is 5.60. The number of amidine groups is 1. The van der Waals surface area contributed by atoms with Gasteiger partial charge in [-0.3, -0.25) is 19.2 Å². The molecule has 51 heavy (non-hydrogen) atoms. The first-order chi connectivity index (χ1) is 24.9. The van der Waals surface area contributed by atoms with Crippen LogP contribution in [0.3, 0.4) is 0 Å². The molecular formula is C37H36N6O8. The first kappa shape index (κ1) is 33.4. The average molecular weight is 693 g/mol. The second kappa shape index (κ2) is 14.4. The maximum absolute atomic E-state index is 13.5. The topological polar surface area (TPSA) is 153 Å². The lowest BCUT2D eigenvalue weighted by Crippen LogP contribution is -2.34. The lowest BCUT2D eigenvalue weighted by atomic mass is 9.98. The molecule has 1 saturated heterocycles. The van der Waals surface area contributed by atoms with Crippen molar-refractivity contribution in [3.63, 3.8) is 0 Å².